The normalized spacial score (nSPS) is 10.2. The third-order valence-electron chi connectivity index (χ3n) is 0.462. The summed E-state index contributed by atoms with van der Waals surface area (Å²) >= 11 is 0. The molecule has 0 amide bonds. The van der Waals surface area contributed by atoms with Crippen LogP contribution in [0, 0.1) is 0 Å². The van der Waals surface area contributed by atoms with Crippen LogP contribution in [-0.2, 0) is 10.1 Å². The van der Waals surface area contributed by atoms with Gasteiger partial charge in [0, 0.05) is 0 Å². The standard InChI is InChI=1S/C3H8O3S.Cs.H/c1-2-3-7(4,5)6;;/h2-3H2,1H3,(H,4,5,6);;. The van der Waals surface area contributed by atoms with Gasteiger partial charge in [-0.15, -0.1) is 0 Å². The first-order chi connectivity index (χ1) is 3.06. The van der Waals surface area contributed by atoms with Crippen molar-refractivity contribution in [3.05, 3.63) is 0 Å². The van der Waals surface area contributed by atoms with Gasteiger partial charge in [0.2, 0.25) is 0 Å². The van der Waals surface area contributed by atoms with Crippen LogP contribution in [0.5, 0.6) is 0 Å². The summed E-state index contributed by atoms with van der Waals surface area (Å²) < 4.78 is 27.6. The fourth-order valence-corrected chi connectivity index (χ4v) is 0.774. The van der Waals surface area contributed by atoms with Gasteiger partial charge < -0.3 is 0 Å². The summed E-state index contributed by atoms with van der Waals surface area (Å²) in [7, 11) is -3.67. The Bertz CT molecular complexity index is 127. The van der Waals surface area contributed by atoms with Crippen LogP contribution in [0.1, 0.15) is 13.3 Å². The van der Waals surface area contributed by atoms with Gasteiger partial charge in [-0.05, 0) is 6.42 Å². The first-order valence-corrected chi connectivity index (χ1v) is 3.62. The molecule has 0 aromatic rings. The molecule has 0 aromatic heterocycles. The van der Waals surface area contributed by atoms with Gasteiger partial charge in [0.05, 0.1) is 5.75 Å². The number of hydrogen-bond donors (Lipinski definition) is 1. The maximum atomic E-state index is 9.79. The van der Waals surface area contributed by atoms with Crippen molar-refractivity contribution in [1.29, 1.82) is 0 Å². The van der Waals surface area contributed by atoms with E-state index in [-0.39, 0.29) is 74.6 Å². The molecule has 0 bridgehead atoms. The Labute approximate surface area is 108 Å². The molecule has 0 aliphatic carbocycles. The molecule has 0 saturated carbocycles. The first kappa shape index (κ1) is 12.6. The molecule has 0 aromatic carbocycles. The second-order valence-corrected chi connectivity index (χ2v) is 2.86. The van der Waals surface area contributed by atoms with Gasteiger partial charge in [-0.1, -0.05) is 6.92 Å². The maximum absolute atomic E-state index is 9.79. The molecule has 46 valence electrons. The van der Waals surface area contributed by atoms with E-state index in [1.54, 1.807) is 6.92 Å². The third-order valence-corrected chi connectivity index (χ3v) is 1.39. The van der Waals surface area contributed by atoms with Gasteiger partial charge >= 0.3 is 68.9 Å². The molecule has 3 nitrogen and oxygen atoms in total. The SMILES string of the molecule is CCCS(=O)(=O)O.[CsH]. The Morgan fingerprint density at radius 3 is 1.88 bits per heavy atom. The van der Waals surface area contributed by atoms with E-state index in [1.165, 1.54) is 0 Å². The molecule has 8 heavy (non-hydrogen) atoms. The fraction of sp³-hybridized carbons (Fsp3) is 1.00. The van der Waals surface area contributed by atoms with Crippen LogP contribution in [0.25, 0.3) is 0 Å². The Kier molecular flexibility index (Phi) is 9.03. The molecule has 0 aliphatic rings. The molecule has 0 fully saturated rings. The van der Waals surface area contributed by atoms with Crippen LogP contribution in [-0.4, -0.2) is 87.6 Å². The zero-order valence-electron chi connectivity index (χ0n) is 4.09. The van der Waals surface area contributed by atoms with Crippen molar-refractivity contribution in [3.8, 4) is 0 Å². The molecule has 0 atom stereocenters. The van der Waals surface area contributed by atoms with Crippen molar-refractivity contribution in [2.24, 2.45) is 0 Å². The van der Waals surface area contributed by atoms with Crippen LogP contribution in [0.15, 0.2) is 0 Å². The molecule has 0 spiro atoms. The van der Waals surface area contributed by atoms with E-state index in [2.05, 4.69) is 0 Å². The molecule has 0 radical (unpaired) electrons. The Morgan fingerprint density at radius 2 is 1.88 bits per heavy atom. The third kappa shape index (κ3) is 10.9. The zero-order valence-corrected chi connectivity index (χ0v) is 4.90. The van der Waals surface area contributed by atoms with Crippen molar-refractivity contribution in [2.45, 2.75) is 13.3 Å². The van der Waals surface area contributed by atoms with Gasteiger partial charge in [0.25, 0.3) is 10.1 Å². The summed E-state index contributed by atoms with van der Waals surface area (Å²) in [4.78, 5) is 0. The molecule has 1 N–H and O–H groups in total. The van der Waals surface area contributed by atoms with Gasteiger partial charge in [0.1, 0.15) is 0 Å². The summed E-state index contributed by atoms with van der Waals surface area (Å²) in [6.07, 6.45) is 0.471. The molecule has 0 saturated heterocycles. The van der Waals surface area contributed by atoms with Crippen LogP contribution in [0.2, 0.25) is 0 Å². The van der Waals surface area contributed by atoms with Crippen molar-refractivity contribution in [1.82, 2.24) is 0 Å². The number of rotatable bonds is 2. The summed E-state index contributed by atoms with van der Waals surface area (Å²) in [5, 5.41) is 0. The average Bonchev–Trinajstić information content (AvgIpc) is 1.30. The van der Waals surface area contributed by atoms with E-state index >= 15 is 0 Å². The molecular formula is C3H9CsO3S. The van der Waals surface area contributed by atoms with E-state index in [4.69, 9.17) is 4.55 Å². The summed E-state index contributed by atoms with van der Waals surface area (Å²) in [6, 6.07) is 0. The fourth-order valence-electron chi connectivity index (χ4n) is 0.258. The Morgan fingerprint density at radius 1 is 1.50 bits per heavy atom. The van der Waals surface area contributed by atoms with Crippen molar-refractivity contribution in [3.63, 3.8) is 0 Å². The first-order valence-electron chi connectivity index (χ1n) is 2.01. The van der Waals surface area contributed by atoms with Gasteiger partial charge in [-0.3, -0.25) is 4.55 Å². The average molecular weight is 258 g/mol. The van der Waals surface area contributed by atoms with E-state index in [0.717, 1.165) is 0 Å². The van der Waals surface area contributed by atoms with Crippen molar-refractivity contribution < 1.29 is 13.0 Å². The van der Waals surface area contributed by atoms with Crippen LogP contribution in [0.4, 0.5) is 0 Å². The topological polar surface area (TPSA) is 54.4 Å². The van der Waals surface area contributed by atoms with E-state index < -0.39 is 10.1 Å². The van der Waals surface area contributed by atoms with E-state index in [0.29, 0.717) is 6.42 Å². The van der Waals surface area contributed by atoms with E-state index in [1.807, 2.05) is 0 Å². The second kappa shape index (κ2) is 5.72. The van der Waals surface area contributed by atoms with Gasteiger partial charge in [-0.25, -0.2) is 0 Å². The van der Waals surface area contributed by atoms with Gasteiger partial charge in [-0.2, -0.15) is 8.42 Å². The molecule has 0 aliphatic heterocycles. The Balaban J connectivity index is 0. The molecule has 0 rings (SSSR count). The zero-order chi connectivity index (χ0) is 5.91. The van der Waals surface area contributed by atoms with Crippen molar-refractivity contribution >= 4 is 79.0 Å². The molecule has 0 unspecified atom stereocenters. The van der Waals surface area contributed by atoms with Crippen LogP contribution in [0.3, 0.4) is 0 Å². The minimum absolute atomic E-state index is 0. The van der Waals surface area contributed by atoms with Crippen LogP contribution >= 0.6 is 0 Å². The molecular weight excluding hydrogens is 249 g/mol. The second-order valence-electron chi connectivity index (χ2n) is 1.29. The Hall–Kier alpha value is 1.96. The van der Waals surface area contributed by atoms with Crippen molar-refractivity contribution in [2.75, 3.05) is 5.75 Å². The molecule has 0 heterocycles. The number of hydrogen-bond acceptors (Lipinski definition) is 2. The quantitative estimate of drug-likeness (QED) is 0.688. The van der Waals surface area contributed by atoms with Gasteiger partial charge in [0.15, 0.2) is 0 Å². The predicted octanol–water partition coefficient (Wildman–Crippen LogP) is -0.364. The summed E-state index contributed by atoms with van der Waals surface area (Å²) in [5.41, 5.74) is 0. The molecule has 5 heteroatoms. The van der Waals surface area contributed by atoms with Crippen LogP contribution < -0.4 is 0 Å². The minimum atomic E-state index is -3.67. The monoisotopic (exact) mass is 258 g/mol. The predicted molar refractivity (Wildman–Crippen MR) is 33.9 cm³/mol. The summed E-state index contributed by atoms with van der Waals surface area (Å²) in [6.45, 7) is 1.69. The summed E-state index contributed by atoms with van der Waals surface area (Å²) in [5.74, 6) is -0.132. The van der Waals surface area contributed by atoms with E-state index in [9.17, 15) is 8.42 Å².